The molecule has 0 aromatic carbocycles. The monoisotopic (exact) mass is 281 g/mol. The van der Waals surface area contributed by atoms with Crippen molar-refractivity contribution in [3.8, 4) is 11.8 Å². The Morgan fingerprint density at radius 2 is 2.35 bits per heavy atom. The molecule has 0 amide bonds. The fraction of sp³-hybridized carbons (Fsp3) is 0.500. The van der Waals surface area contributed by atoms with Gasteiger partial charge >= 0.3 is 5.69 Å². The topological polar surface area (TPSA) is 131 Å². The Morgan fingerprint density at radius 1 is 1.65 bits per heavy atom. The lowest BCUT2D eigenvalue weighted by Gasteiger charge is -2.26. The summed E-state index contributed by atoms with van der Waals surface area (Å²) in [4.78, 5) is 15.3. The molecular formula is C12H15N3O5. The third kappa shape index (κ3) is 2.17. The number of rotatable bonds is 2. The van der Waals surface area contributed by atoms with Gasteiger partial charge in [-0.2, -0.15) is 4.98 Å². The van der Waals surface area contributed by atoms with E-state index in [1.807, 2.05) is 0 Å². The van der Waals surface area contributed by atoms with Gasteiger partial charge in [-0.3, -0.25) is 4.57 Å². The summed E-state index contributed by atoms with van der Waals surface area (Å²) in [5, 5.41) is 29.7. The van der Waals surface area contributed by atoms with Crippen LogP contribution in [-0.2, 0) is 4.74 Å². The first-order chi connectivity index (χ1) is 9.43. The predicted molar refractivity (Wildman–Crippen MR) is 68.3 cm³/mol. The highest BCUT2D eigenvalue weighted by molar-refractivity contribution is 5.26. The van der Waals surface area contributed by atoms with E-state index >= 15 is 0 Å². The van der Waals surface area contributed by atoms with Crippen LogP contribution < -0.4 is 11.4 Å². The first kappa shape index (κ1) is 14.5. The van der Waals surface area contributed by atoms with Crippen LogP contribution in [0.4, 0.5) is 5.82 Å². The van der Waals surface area contributed by atoms with E-state index in [4.69, 9.17) is 15.6 Å². The summed E-state index contributed by atoms with van der Waals surface area (Å²) < 4.78 is 6.30. The highest BCUT2D eigenvalue weighted by Crippen LogP contribution is 2.37. The van der Waals surface area contributed by atoms with Gasteiger partial charge in [-0.15, -0.1) is 5.92 Å². The molecule has 1 aromatic heterocycles. The number of hydrogen-bond donors (Lipinski definition) is 4. The molecule has 108 valence electrons. The van der Waals surface area contributed by atoms with Crippen molar-refractivity contribution >= 4 is 5.82 Å². The quantitative estimate of drug-likeness (QED) is 0.454. The zero-order chi connectivity index (χ0) is 14.9. The van der Waals surface area contributed by atoms with Crippen molar-refractivity contribution in [1.29, 1.82) is 0 Å². The van der Waals surface area contributed by atoms with E-state index in [1.165, 1.54) is 19.2 Å². The number of nitrogen functional groups attached to an aromatic ring is 1. The predicted octanol–water partition coefficient (Wildman–Crippen LogP) is -2.17. The third-order valence-corrected chi connectivity index (χ3v) is 3.09. The van der Waals surface area contributed by atoms with Gasteiger partial charge in [0, 0.05) is 6.20 Å². The first-order valence-corrected chi connectivity index (χ1v) is 5.89. The molecule has 1 aliphatic heterocycles. The van der Waals surface area contributed by atoms with Crippen LogP contribution in [0.3, 0.4) is 0 Å². The van der Waals surface area contributed by atoms with Crippen LogP contribution >= 0.6 is 0 Å². The average Bonchev–Trinajstić information content (AvgIpc) is 2.63. The normalized spacial score (nSPS) is 32.7. The van der Waals surface area contributed by atoms with Gasteiger partial charge in [-0.1, -0.05) is 5.92 Å². The van der Waals surface area contributed by atoms with Crippen molar-refractivity contribution in [3.63, 3.8) is 0 Å². The van der Waals surface area contributed by atoms with Crippen LogP contribution in [0.1, 0.15) is 13.2 Å². The minimum atomic E-state index is -2.02. The molecule has 0 bridgehead atoms. The summed E-state index contributed by atoms with van der Waals surface area (Å²) in [6.45, 7) is 0.945. The first-order valence-electron chi connectivity index (χ1n) is 5.89. The van der Waals surface area contributed by atoms with Gasteiger partial charge in [-0.25, -0.2) is 4.79 Å². The summed E-state index contributed by atoms with van der Waals surface area (Å²) in [6, 6.07) is 1.35. The minimum Gasteiger partial charge on any atom is -0.394 e. The fourth-order valence-corrected chi connectivity index (χ4v) is 2.13. The van der Waals surface area contributed by atoms with Gasteiger partial charge in [-0.05, 0) is 13.0 Å². The molecule has 0 aliphatic carbocycles. The maximum Gasteiger partial charge on any atom is 0.351 e. The van der Waals surface area contributed by atoms with Crippen LogP contribution in [0.15, 0.2) is 17.1 Å². The molecule has 1 aromatic rings. The van der Waals surface area contributed by atoms with E-state index in [0.717, 1.165) is 4.57 Å². The molecule has 5 N–H and O–H groups in total. The van der Waals surface area contributed by atoms with Crippen LogP contribution in [0.5, 0.6) is 0 Å². The molecule has 4 atom stereocenters. The number of hydrogen-bond acceptors (Lipinski definition) is 7. The Balaban J connectivity index is 2.52. The summed E-state index contributed by atoms with van der Waals surface area (Å²) in [7, 11) is 0. The SMILES string of the molecule is CC#C[C@@]1(O)C(O)[C@@H](CO)O[C@H]1n1ccc(N)nc1=O. The minimum absolute atomic E-state index is 0.0219. The molecule has 8 nitrogen and oxygen atoms in total. The second-order valence-corrected chi connectivity index (χ2v) is 4.40. The number of nitrogens with zero attached hydrogens (tertiary/aromatic N) is 2. The molecule has 2 rings (SSSR count). The Morgan fingerprint density at radius 3 is 2.90 bits per heavy atom. The maximum atomic E-state index is 11.8. The lowest BCUT2D eigenvalue weighted by molar-refractivity contribution is -0.0764. The maximum absolute atomic E-state index is 11.8. The van der Waals surface area contributed by atoms with Crippen LogP contribution in [0, 0.1) is 11.8 Å². The van der Waals surface area contributed by atoms with Crippen LogP contribution in [-0.4, -0.2) is 49.3 Å². The van der Waals surface area contributed by atoms with Gasteiger partial charge < -0.3 is 25.8 Å². The molecule has 20 heavy (non-hydrogen) atoms. The molecule has 1 aliphatic rings. The highest BCUT2D eigenvalue weighted by Gasteiger charge is 2.55. The molecule has 0 saturated carbocycles. The summed E-state index contributed by atoms with van der Waals surface area (Å²) in [5.74, 6) is 4.92. The van der Waals surface area contributed by atoms with Crippen LogP contribution in [0.2, 0.25) is 0 Å². The Labute approximate surface area is 114 Å². The summed E-state index contributed by atoms with van der Waals surface area (Å²) in [6.07, 6.45) is -2.53. The molecule has 8 heteroatoms. The van der Waals surface area contributed by atoms with E-state index in [0.29, 0.717) is 0 Å². The molecule has 2 heterocycles. The lowest BCUT2D eigenvalue weighted by Crippen LogP contribution is -2.47. The lowest BCUT2D eigenvalue weighted by atomic mass is 9.94. The average molecular weight is 281 g/mol. The highest BCUT2D eigenvalue weighted by atomic mass is 16.6. The van der Waals surface area contributed by atoms with Crippen molar-refractivity contribution < 1.29 is 20.1 Å². The number of aliphatic hydroxyl groups excluding tert-OH is 2. The number of aliphatic hydroxyl groups is 3. The zero-order valence-corrected chi connectivity index (χ0v) is 10.7. The van der Waals surface area contributed by atoms with E-state index < -0.39 is 36.3 Å². The van der Waals surface area contributed by atoms with E-state index in [-0.39, 0.29) is 5.82 Å². The summed E-state index contributed by atoms with van der Waals surface area (Å²) in [5.41, 5.74) is 2.61. The second-order valence-electron chi connectivity index (χ2n) is 4.40. The summed E-state index contributed by atoms with van der Waals surface area (Å²) >= 11 is 0. The molecule has 1 unspecified atom stereocenters. The third-order valence-electron chi connectivity index (χ3n) is 3.09. The number of ether oxygens (including phenoxy) is 1. The van der Waals surface area contributed by atoms with Crippen molar-refractivity contribution in [2.45, 2.75) is 31.0 Å². The van der Waals surface area contributed by atoms with Gasteiger partial charge in [0.25, 0.3) is 0 Å². The molecule has 0 spiro atoms. The molecular weight excluding hydrogens is 266 g/mol. The Bertz CT molecular complexity index is 619. The van der Waals surface area contributed by atoms with Crippen molar-refractivity contribution in [2.75, 3.05) is 12.3 Å². The smallest absolute Gasteiger partial charge is 0.351 e. The van der Waals surface area contributed by atoms with Crippen molar-refractivity contribution in [3.05, 3.63) is 22.7 Å². The molecule has 0 radical (unpaired) electrons. The zero-order valence-electron chi connectivity index (χ0n) is 10.7. The fourth-order valence-electron chi connectivity index (χ4n) is 2.13. The van der Waals surface area contributed by atoms with Crippen molar-refractivity contribution in [1.82, 2.24) is 9.55 Å². The van der Waals surface area contributed by atoms with Crippen molar-refractivity contribution in [2.24, 2.45) is 0 Å². The van der Waals surface area contributed by atoms with E-state index in [9.17, 15) is 15.0 Å². The van der Waals surface area contributed by atoms with Crippen LogP contribution in [0.25, 0.3) is 0 Å². The second kappa shape index (κ2) is 5.22. The van der Waals surface area contributed by atoms with Gasteiger partial charge in [0.05, 0.1) is 6.61 Å². The largest absolute Gasteiger partial charge is 0.394 e. The standard InChI is InChI=1S/C12H15N3O5/c1-2-4-12(19)9(17)7(6-16)20-10(12)15-5-3-8(13)14-11(15)18/h3,5,7,9-10,16-17,19H,6H2,1H3,(H2,13,14,18)/t7-,9?,10-,12-/m1/s1. The number of nitrogens with two attached hydrogens (primary N) is 1. The Hall–Kier alpha value is -1.92. The Kier molecular flexibility index (Phi) is 3.78. The van der Waals surface area contributed by atoms with E-state index in [1.54, 1.807) is 0 Å². The number of anilines is 1. The van der Waals surface area contributed by atoms with E-state index in [2.05, 4.69) is 16.8 Å². The molecule has 1 saturated heterocycles. The van der Waals surface area contributed by atoms with Gasteiger partial charge in [0.2, 0.25) is 0 Å². The van der Waals surface area contributed by atoms with Gasteiger partial charge in [0.15, 0.2) is 11.8 Å². The number of aromatic nitrogens is 2. The van der Waals surface area contributed by atoms with Gasteiger partial charge in [0.1, 0.15) is 18.0 Å². The molecule has 1 fully saturated rings.